The van der Waals surface area contributed by atoms with Crippen LogP contribution in [0.5, 0.6) is 23.0 Å². The summed E-state index contributed by atoms with van der Waals surface area (Å²) in [6, 6.07) is 23.9. The van der Waals surface area contributed by atoms with Crippen LogP contribution in [0.3, 0.4) is 0 Å². The molecule has 53 heavy (non-hydrogen) atoms. The van der Waals surface area contributed by atoms with Crippen LogP contribution in [0.1, 0.15) is 25.0 Å². The normalized spacial score (nSPS) is 11.1. The highest BCUT2D eigenvalue weighted by Crippen LogP contribution is 2.25. The zero-order chi connectivity index (χ0) is 38.4. The number of carbonyl (C=O) groups is 4. The third-order valence-corrected chi connectivity index (χ3v) is 8.60. The zero-order valence-electron chi connectivity index (χ0n) is 28.7. The predicted octanol–water partition coefficient (Wildman–Crippen LogP) is 6.67. The van der Waals surface area contributed by atoms with Crippen molar-refractivity contribution in [2.24, 2.45) is 0 Å². The number of carbonyl (C=O) groups excluding carboxylic acids is 4. The number of rotatable bonds is 16. The summed E-state index contributed by atoms with van der Waals surface area (Å²) in [6.07, 6.45) is 5.47. The van der Waals surface area contributed by atoms with Crippen molar-refractivity contribution < 1.29 is 56.0 Å². The van der Waals surface area contributed by atoms with E-state index >= 15 is 0 Å². The first kappa shape index (κ1) is 39.1. The van der Waals surface area contributed by atoms with Crippen LogP contribution in [0.4, 0.5) is 0 Å². The standard InChI is InChI=1S/C40H34O12S/c1-27(2)39(43)49-25-47-31-11-5-29(6-12-31)9-23-37(41)51-33-15-19-35(20-16-33)53(45,46)36-21-17-34(18-22-36)52-38(42)24-10-30-7-13-32(14-8-30)48-26-50-40(44)28(3)4/h5-24H,1,3,25-26H2,2,4H3. The van der Waals surface area contributed by atoms with Gasteiger partial charge in [0.1, 0.15) is 23.0 Å². The van der Waals surface area contributed by atoms with Gasteiger partial charge < -0.3 is 28.4 Å². The van der Waals surface area contributed by atoms with Crippen molar-refractivity contribution in [3.63, 3.8) is 0 Å². The molecule has 4 aromatic carbocycles. The fraction of sp³-hybridized carbons (Fsp3) is 0.100. The molecule has 13 heteroatoms. The van der Waals surface area contributed by atoms with E-state index in [1.54, 1.807) is 48.5 Å². The lowest BCUT2D eigenvalue weighted by molar-refractivity contribution is -0.146. The van der Waals surface area contributed by atoms with Crippen molar-refractivity contribution in [2.45, 2.75) is 23.6 Å². The van der Waals surface area contributed by atoms with Crippen LogP contribution in [0.25, 0.3) is 12.2 Å². The van der Waals surface area contributed by atoms with E-state index in [0.29, 0.717) is 22.6 Å². The Morgan fingerprint density at radius 2 is 0.849 bits per heavy atom. The summed E-state index contributed by atoms with van der Waals surface area (Å²) in [7, 11) is -3.94. The molecule has 0 heterocycles. The Morgan fingerprint density at radius 3 is 1.17 bits per heavy atom. The van der Waals surface area contributed by atoms with Crippen LogP contribution in [0.2, 0.25) is 0 Å². The summed E-state index contributed by atoms with van der Waals surface area (Å²) >= 11 is 0. The second kappa shape index (κ2) is 18.5. The first-order chi connectivity index (χ1) is 25.3. The van der Waals surface area contributed by atoms with Crippen molar-refractivity contribution in [2.75, 3.05) is 13.6 Å². The number of esters is 4. The highest BCUT2D eigenvalue weighted by atomic mass is 32.2. The van der Waals surface area contributed by atoms with Crippen molar-refractivity contribution >= 4 is 45.9 Å². The van der Waals surface area contributed by atoms with Gasteiger partial charge >= 0.3 is 23.9 Å². The molecule has 0 aliphatic carbocycles. The smallest absolute Gasteiger partial charge is 0.336 e. The van der Waals surface area contributed by atoms with Crippen LogP contribution in [0, 0.1) is 0 Å². The van der Waals surface area contributed by atoms with E-state index in [2.05, 4.69) is 13.2 Å². The molecule has 0 saturated carbocycles. The maximum Gasteiger partial charge on any atom is 0.336 e. The van der Waals surface area contributed by atoms with Gasteiger partial charge in [-0.2, -0.15) is 0 Å². The van der Waals surface area contributed by atoms with Crippen molar-refractivity contribution in [1.82, 2.24) is 0 Å². The molecular weight excluding hydrogens is 704 g/mol. The highest BCUT2D eigenvalue weighted by Gasteiger charge is 2.18. The fourth-order valence-electron chi connectivity index (χ4n) is 4.04. The summed E-state index contributed by atoms with van der Waals surface area (Å²) in [4.78, 5) is 47.4. The maximum absolute atomic E-state index is 13.2. The SMILES string of the molecule is C=C(C)C(=O)OCOc1ccc(C=CC(=O)Oc2ccc(S(=O)(=O)c3ccc(OC(=O)C=Cc4ccc(OCOC(=O)C(=C)C)cc4)cc3)cc2)cc1. The van der Waals surface area contributed by atoms with E-state index in [9.17, 15) is 27.6 Å². The van der Waals surface area contributed by atoms with Crippen LogP contribution in [-0.4, -0.2) is 45.9 Å². The van der Waals surface area contributed by atoms with Gasteiger partial charge in [0.15, 0.2) is 0 Å². The van der Waals surface area contributed by atoms with E-state index < -0.39 is 33.7 Å². The molecule has 0 unspecified atom stereocenters. The Morgan fingerprint density at radius 1 is 0.528 bits per heavy atom. The van der Waals surface area contributed by atoms with Crippen LogP contribution >= 0.6 is 0 Å². The number of hydrogen-bond donors (Lipinski definition) is 0. The molecule has 0 atom stereocenters. The molecular formula is C40H34O12S. The molecule has 0 aliphatic heterocycles. The molecule has 0 spiro atoms. The van der Waals surface area contributed by atoms with Gasteiger partial charge in [-0.25, -0.2) is 27.6 Å². The van der Waals surface area contributed by atoms with E-state index in [-0.39, 0.29) is 46.0 Å². The first-order valence-electron chi connectivity index (χ1n) is 15.7. The summed E-state index contributed by atoms with van der Waals surface area (Å²) in [5.41, 5.74) is 1.86. The highest BCUT2D eigenvalue weighted by molar-refractivity contribution is 7.91. The summed E-state index contributed by atoms with van der Waals surface area (Å²) in [5, 5.41) is 0. The molecule has 0 fully saturated rings. The van der Waals surface area contributed by atoms with Crippen molar-refractivity contribution in [1.29, 1.82) is 0 Å². The first-order valence-corrected chi connectivity index (χ1v) is 17.1. The second-order valence-electron chi connectivity index (χ2n) is 11.0. The Kier molecular flexibility index (Phi) is 13.6. The topological polar surface area (TPSA) is 158 Å². The monoisotopic (exact) mass is 738 g/mol. The minimum absolute atomic E-state index is 0.0403. The largest absolute Gasteiger partial charge is 0.457 e. The Bertz CT molecular complexity index is 1980. The van der Waals surface area contributed by atoms with E-state index in [0.717, 1.165) is 0 Å². The van der Waals surface area contributed by atoms with Gasteiger partial charge in [0, 0.05) is 23.3 Å². The average molecular weight is 739 g/mol. The lowest BCUT2D eigenvalue weighted by atomic mass is 10.2. The zero-order valence-corrected chi connectivity index (χ0v) is 29.5. The lowest BCUT2D eigenvalue weighted by Crippen LogP contribution is -2.10. The van der Waals surface area contributed by atoms with Crippen molar-refractivity contribution in [3.05, 3.63) is 145 Å². The molecule has 0 saturated heterocycles. The Hall–Kier alpha value is -6.73. The lowest BCUT2D eigenvalue weighted by Gasteiger charge is -2.08. The van der Waals surface area contributed by atoms with Gasteiger partial charge in [0.25, 0.3) is 0 Å². The number of sulfone groups is 1. The van der Waals surface area contributed by atoms with E-state index in [4.69, 9.17) is 28.4 Å². The van der Waals surface area contributed by atoms with E-state index in [1.807, 2.05) is 0 Å². The molecule has 0 N–H and O–H groups in total. The molecule has 4 aromatic rings. The quantitative estimate of drug-likeness (QED) is 0.0521. The van der Waals surface area contributed by atoms with Gasteiger partial charge in [-0.15, -0.1) is 0 Å². The minimum Gasteiger partial charge on any atom is -0.457 e. The minimum atomic E-state index is -3.94. The average Bonchev–Trinajstić information content (AvgIpc) is 3.14. The predicted molar refractivity (Wildman–Crippen MR) is 193 cm³/mol. The summed E-state index contributed by atoms with van der Waals surface area (Å²) < 4.78 is 57.4. The molecule has 0 aliphatic rings. The van der Waals surface area contributed by atoms with Crippen molar-refractivity contribution in [3.8, 4) is 23.0 Å². The Balaban J connectivity index is 1.24. The third kappa shape index (κ3) is 12.2. The van der Waals surface area contributed by atoms with Gasteiger partial charge in [-0.3, -0.25) is 0 Å². The molecule has 0 amide bonds. The van der Waals surface area contributed by atoms with Gasteiger partial charge in [-0.1, -0.05) is 37.4 Å². The van der Waals surface area contributed by atoms with Crippen LogP contribution in [-0.2, 0) is 38.5 Å². The molecule has 272 valence electrons. The molecule has 0 aromatic heterocycles. The number of hydrogen-bond acceptors (Lipinski definition) is 12. The number of benzene rings is 4. The molecule has 12 nitrogen and oxygen atoms in total. The Labute approximate surface area is 306 Å². The van der Waals surface area contributed by atoms with Gasteiger partial charge in [-0.05, 0) is 110 Å². The summed E-state index contributed by atoms with van der Waals surface area (Å²) in [6.45, 7) is 9.48. The molecule has 0 radical (unpaired) electrons. The summed E-state index contributed by atoms with van der Waals surface area (Å²) in [5.74, 6) is -1.32. The van der Waals surface area contributed by atoms with E-state index in [1.165, 1.54) is 86.7 Å². The van der Waals surface area contributed by atoms with Crippen LogP contribution in [0.15, 0.2) is 143 Å². The van der Waals surface area contributed by atoms with Crippen LogP contribution < -0.4 is 18.9 Å². The molecule has 4 rings (SSSR count). The number of ether oxygens (including phenoxy) is 6. The second-order valence-corrected chi connectivity index (χ2v) is 13.0. The third-order valence-electron chi connectivity index (χ3n) is 6.82. The molecule has 0 bridgehead atoms. The fourth-order valence-corrected chi connectivity index (χ4v) is 5.30. The maximum atomic E-state index is 13.2. The van der Waals surface area contributed by atoms with Gasteiger partial charge in [0.2, 0.25) is 23.4 Å². The van der Waals surface area contributed by atoms with Gasteiger partial charge in [0.05, 0.1) is 9.79 Å².